The number of carbonyl (C=O) groups excluding carboxylic acids is 4. The van der Waals surface area contributed by atoms with E-state index in [4.69, 9.17) is 14.2 Å². The van der Waals surface area contributed by atoms with Crippen LogP contribution in [0.5, 0.6) is 17.2 Å². The van der Waals surface area contributed by atoms with Gasteiger partial charge < -0.3 is 23.7 Å². The fourth-order valence-electron chi connectivity index (χ4n) is 2.11. The molecule has 10 heteroatoms. The minimum absolute atomic E-state index is 0.0792. The highest BCUT2D eigenvalue weighted by atomic mass is 19.1. The molecule has 0 N–H and O–H groups in total. The molecule has 2 aromatic rings. The molecule has 0 amide bonds. The van der Waals surface area contributed by atoms with Crippen molar-refractivity contribution in [2.75, 3.05) is 13.2 Å². The van der Waals surface area contributed by atoms with E-state index >= 15 is 0 Å². The molecular formula is C25H23FO9. The van der Waals surface area contributed by atoms with Crippen molar-refractivity contribution in [2.45, 2.75) is 6.92 Å². The van der Waals surface area contributed by atoms with Gasteiger partial charge in [-0.3, -0.25) is 0 Å². The third-order valence-corrected chi connectivity index (χ3v) is 3.67. The summed E-state index contributed by atoms with van der Waals surface area (Å²) >= 11 is 0. The second-order valence-corrected chi connectivity index (χ2v) is 6.24. The Hall–Kier alpha value is -4.73. The molecule has 0 aliphatic heterocycles. The number of rotatable bonds is 9. The fraction of sp³-hybridized carbons (Fsp3) is 0.120. The zero-order chi connectivity index (χ0) is 26.4. The molecule has 2 rings (SSSR count). The van der Waals surface area contributed by atoms with E-state index in [1.165, 1.54) is 37.3 Å². The van der Waals surface area contributed by atoms with Crippen molar-refractivity contribution in [3.63, 3.8) is 0 Å². The molecule has 0 atom stereocenters. The molecule has 0 saturated carbocycles. The predicted octanol–water partition coefficient (Wildman–Crippen LogP) is 4.57. The van der Waals surface area contributed by atoms with Gasteiger partial charge in [-0.05, 0) is 43.3 Å². The first kappa shape index (κ1) is 28.3. The fourth-order valence-corrected chi connectivity index (χ4v) is 2.11. The van der Waals surface area contributed by atoms with Crippen LogP contribution in [0.4, 0.5) is 9.18 Å². The Bertz CT molecular complexity index is 1090. The second kappa shape index (κ2) is 14.4. The van der Waals surface area contributed by atoms with Gasteiger partial charge >= 0.3 is 24.1 Å². The quantitative estimate of drug-likeness (QED) is 0.125. The van der Waals surface area contributed by atoms with Gasteiger partial charge in [0.15, 0.2) is 0 Å². The first-order chi connectivity index (χ1) is 16.7. The van der Waals surface area contributed by atoms with Gasteiger partial charge in [0.25, 0.3) is 0 Å². The average Bonchev–Trinajstić information content (AvgIpc) is 2.84. The van der Waals surface area contributed by atoms with Crippen molar-refractivity contribution in [3.8, 4) is 17.2 Å². The minimum Gasteiger partial charge on any atom is -0.459 e. The Morgan fingerprint density at radius 3 is 1.94 bits per heavy atom. The topological polar surface area (TPSA) is 114 Å². The number of hydrogen-bond donors (Lipinski definition) is 0. The number of halogens is 1. The van der Waals surface area contributed by atoms with E-state index in [9.17, 15) is 23.6 Å². The molecule has 0 radical (unpaired) electrons. The van der Waals surface area contributed by atoms with E-state index in [0.29, 0.717) is 0 Å². The molecular weight excluding hydrogens is 463 g/mol. The highest BCUT2D eigenvalue weighted by molar-refractivity contribution is 5.91. The molecule has 0 spiro atoms. The Balaban J connectivity index is 0.00000298. The van der Waals surface area contributed by atoms with Crippen molar-refractivity contribution >= 4 is 24.1 Å². The van der Waals surface area contributed by atoms with Gasteiger partial charge in [0.1, 0.15) is 36.3 Å². The summed E-state index contributed by atoms with van der Waals surface area (Å²) < 4.78 is 38.5. The summed E-state index contributed by atoms with van der Waals surface area (Å²) in [5.41, 5.74) is -0.194. The Kier molecular flexibility index (Phi) is 11.7. The molecule has 0 unspecified atom stereocenters. The maximum atomic E-state index is 14.3. The van der Waals surface area contributed by atoms with E-state index in [-0.39, 0.29) is 36.0 Å². The zero-order valence-corrected chi connectivity index (χ0v) is 18.9. The van der Waals surface area contributed by atoms with Crippen LogP contribution in [0.3, 0.4) is 0 Å². The van der Waals surface area contributed by atoms with Crippen molar-refractivity contribution in [1.29, 1.82) is 0 Å². The van der Waals surface area contributed by atoms with Crippen LogP contribution in [0.1, 0.15) is 17.3 Å². The largest absolute Gasteiger partial charge is 0.513 e. The minimum atomic E-state index is -1.16. The molecule has 0 bridgehead atoms. The van der Waals surface area contributed by atoms with Crippen LogP contribution in [0, 0.1) is 5.82 Å². The number of carbonyl (C=O) groups is 4. The molecule has 0 fully saturated rings. The van der Waals surface area contributed by atoms with Gasteiger partial charge in [0.05, 0.1) is 5.56 Å². The van der Waals surface area contributed by atoms with Gasteiger partial charge in [-0.2, -0.15) is 0 Å². The van der Waals surface area contributed by atoms with Gasteiger partial charge in [-0.1, -0.05) is 13.2 Å². The van der Waals surface area contributed by atoms with Crippen LogP contribution in [0.2, 0.25) is 0 Å². The molecule has 0 aliphatic carbocycles. The third kappa shape index (κ3) is 9.74. The molecule has 184 valence electrons. The van der Waals surface area contributed by atoms with E-state index in [1.807, 2.05) is 0 Å². The van der Waals surface area contributed by atoms with Gasteiger partial charge in [-0.25, -0.2) is 23.6 Å². The predicted molar refractivity (Wildman–Crippen MR) is 123 cm³/mol. The first-order valence-corrected chi connectivity index (χ1v) is 9.83. The Morgan fingerprint density at radius 2 is 1.40 bits per heavy atom. The standard InChI is InChI=1S/C23H19FO9.C2H4/c1-4-20(25)29-11-12-30-23(28)33-17-9-10-18(19(24)13-17)22(27)32-16-7-5-15(6-8-16)31-21(26)14(2)3;1-2/h4-10,13H,1-2,11-12H2,3H3;1-2H2. The summed E-state index contributed by atoms with van der Waals surface area (Å²) in [6, 6.07) is 8.53. The second-order valence-electron chi connectivity index (χ2n) is 6.24. The molecule has 0 aliphatic rings. The highest BCUT2D eigenvalue weighted by Crippen LogP contribution is 2.22. The zero-order valence-electron chi connectivity index (χ0n) is 18.9. The van der Waals surface area contributed by atoms with E-state index in [2.05, 4.69) is 35.8 Å². The maximum Gasteiger partial charge on any atom is 0.513 e. The molecule has 2 aromatic carbocycles. The summed E-state index contributed by atoms with van der Waals surface area (Å²) in [4.78, 5) is 46.1. The Labute approximate surface area is 201 Å². The average molecular weight is 486 g/mol. The number of ether oxygens (including phenoxy) is 5. The van der Waals surface area contributed by atoms with Crippen LogP contribution in [0.25, 0.3) is 0 Å². The van der Waals surface area contributed by atoms with E-state index < -0.39 is 35.4 Å². The lowest BCUT2D eigenvalue weighted by atomic mass is 10.2. The smallest absolute Gasteiger partial charge is 0.459 e. The summed E-state index contributed by atoms with van der Waals surface area (Å²) in [5, 5.41) is 0. The summed E-state index contributed by atoms with van der Waals surface area (Å²) in [6.45, 7) is 13.7. The lowest BCUT2D eigenvalue weighted by Gasteiger charge is -2.09. The van der Waals surface area contributed by atoms with Crippen molar-refractivity contribution in [1.82, 2.24) is 0 Å². The number of hydrogen-bond acceptors (Lipinski definition) is 9. The maximum absolute atomic E-state index is 14.3. The van der Waals surface area contributed by atoms with E-state index in [1.54, 1.807) is 0 Å². The highest BCUT2D eigenvalue weighted by Gasteiger charge is 2.17. The first-order valence-electron chi connectivity index (χ1n) is 9.83. The summed E-state index contributed by atoms with van der Waals surface area (Å²) in [7, 11) is 0. The Morgan fingerprint density at radius 1 is 0.857 bits per heavy atom. The van der Waals surface area contributed by atoms with Gasteiger partial charge in [0.2, 0.25) is 0 Å². The molecule has 0 aromatic heterocycles. The molecule has 0 heterocycles. The van der Waals surface area contributed by atoms with Crippen LogP contribution in [-0.4, -0.2) is 37.3 Å². The molecule has 9 nitrogen and oxygen atoms in total. The van der Waals surface area contributed by atoms with Gasteiger partial charge in [0, 0.05) is 17.7 Å². The monoisotopic (exact) mass is 486 g/mol. The van der Waals surface area contributed by atoms with E-state index in [0.717, 1.165) is 18.2 Å². The van der Waals surface area contributed by atoms with Gasteiger partial charge in [-0.15, -0.1) is 13.2 Å². The molecule has 35 heavy (non-hydrogen) atoms. The lowest BCUT2D eigenvalue weighted by Crippen LogP contribution is -2.16. The normalized spacial score (nSPS) is 9.43. The summed E-state index contributed by atoms with van der Waals surface area (Å²) in [6.07, 6.45) is -0.212. The lowest BCUT2D eigenvalue weighted by molar-refractivity contribution is -0.138. The van der Waals surface area contributed by atoms with Crippen molar-refractivity contribution in [2.24, 2.45) is 0 Å². The van der Waals surface area contributed by atoms with Crippen LogP contribution in [0.15, 0.2) is 80.4 Å². The summed E-state index contributed by atoms with van der Waals surface area (Å²) in [5.74, 6) is -3.23. The molecule has 0 saturated heterocycles. The number of esters is 3. The van der Waals surface area contributed by atoms with Crippen molar-refractivity contribution < 1.29 is 47.3 Å². The van der Waals surface area contributed by atoms with Crippen molar-refractivity contribution in [3.05, 3.63) is 91.8 Å². The third-order valence-electron chi connectivity index (χ3n) is 3.67. The van der Waals surface area contributed by atoms with Crippen LogP contribution < -0.4 is 14.2 Å². The van der Waals surface area contributed by atoms with Crippen LogP contribution in [-0.2, 0) is 19.1 Å². The van der Waals surface area contributed by atoms with Crippen LogP contribution >= 0.6 is 0 Å². The number of benzene rings is 2. The SMILES string of the molecule is C=C.C=CC(=O)OCCOC(=O)Oc1ccc(C(=O)Oc2ccc(OC(=O)C(=C)C)cc2)c(F)c1.